The molecule has 4 nitrogen and oxygen atoms in total. The van der Waals surface area contributed by atoms with Crippen LogP contribution in [0.4, 0.5) is 0 Å². The zero-order chi connectivity index (χ0) is 10.7. The quantitative estimate of drug-likeness (QED) is 0.725. The van der Waals surface area contributed by atoms with Gasteiger partial charge in [-0.25, -0.2) is 0 Å². The molecule has 0 aromatic heterocycles. The first-order valence-electron chi connectivity index (χ1n) is 5.83. The third-order valence-corrected chi connectivity index (χ3v) is 3.06. The predicted octanol–water partition coefficient (Wildman–Crippen LogP) is 0.233. The van der Waals surface area contributed by atoms with Crippen LogP contribution >= 0.6 is 0 Å². The molecule has 1 amide bonds. The summed E-state index contributed by atoms with van der Waals surface area (Å²) in [4.78, 5) is 13.6. The van der Waals surface area contributed by atoms with Crippen LogP contribution in [0.15, 0.2) is 0 Å². The highest BCUT2D eigenvalue weighted by Gasteiger charge is 2.29. The number of carbonyl (C=O) groups excluding carboxylic acids is 1. The highest BCUT2D eigenvalue weighted by molar-refractivity contribution is 5.80. The summed E-state index contributed by atoms with van der Waals surface area (Å²) in [7, 11) is 2.11. The van der Waals surface area contributed by atoms with Crippen molar-refractivity contribution in [3.05, 3.63) is 0 Å². The highest BCUT2D eigenvalue weighted by atomic mass is 16.5. The van der Waals surface area contributed by atoms with Crippen LogP contribution in [0.3, 0.4) is 0 Å². The van der Waals surface area contributed by atoms with Crippen molar-refractivity contribution in [2.45, 2.75) is 25.4 Å². The summed E-state index contributed by atoms with van der Waals surface area (Å²) in [5.41, 5.74) is 0. The topological polar surface area (TPSA) is 41.6 Å². The van der Waals surface area contributed by atoms with E-state index in [9.17, 15) is 4.79 Å². The van der Waals surface area contributed by atoms with Crippen molar-refractivity contribution in [3.8, 4) is 0 Å². The second-order valence-electron chi connectivity index (χ2n) is 4.61. The number of nitrogens with one attached hydrogen (secondary N) is 1. The molecule has 1 heterocycles. The zero-order valence-electron chi connectivity index (χ0n) is 9.37. The van der Waals surface area contributed by atoms with Crippen LogP contribution < -0.4 is 5.32 Å². The molecule has 2 fully saturated rings. The van der Waals surface area contributed by atoms with Crippen LogP contribution in [-0.4, -0.2) is 50.2 Å². The lowest BCUT2D eigenvalue weighted by atomic mass is 10.2. The van der Waals surface area contributed by atoms with E-state index in [0.29, 0.717) is 12.0 Å². The molecule has 0 bridgehead atoms. The zero-order valence-corrected chi connectivity index (χ0v) is 9.37. The number of hydrogen-bond donors (Lipinski definition) is 1. The summed E-state index contributed by atoms with van der Waals surface area (Å²) in [6, 6.07) is 0. The normalized spacial score (nSPS) is 27.7. The van der Waals surface area contributed by atoms with E-state index in [1.165, 1.54) is 0 Å². The van der Waals surface area contributed by atoms with E-state index >= 15 is 0 Å². The minimum Gasteiger partial charge on any atom is -0.375 e. The molecule has 1 saturated carbocycles. The van der Waals surface area contributed by atoms with Gasteiger partial charge in [0, 0.05) is 25.6 Å². The van der Waals surface area contributed by atoms with Gasteiger partial charge in [-0.05, 0) is 26.3 Å². The minimum absolute atomic E-state index is 0.235. The number of hydrogen-bond acceptors (Lipinski definition) is 3. The van der Waals surface area contributed by atoms with Gasteiger partial charge in [0.15, 0.2) is 0 Å². The van der Waals surface area contributed by atoms with Crippen molar-refractivity contribution >= 4 is 5.91 Å². The fraction of sp³-hybridized carbons (Fsp3) is 0.909. The molecule has 0 aromatic rings. The standard InChI is InChI=1S/C11H20N2O2/c1-13-6-7-15-10(8-13)4-5-12-11(14)9-2-3-9/h9-10H,2-8H2,1H3,(H,12,14). The molecular weight excluding hydrogens is 192 g/mol. The van der Waals surface area contributed by atoms with Crippen molar-refractivity contribution in [3.63, 3.8) is 0 Å². The predicted molar refractivity (Wildman–Crippen MR) is 57.6 cm³/mol. The van der Waals surface area contributed by atoms with Crippen LogP contribution in [0.1, 0.15) is 19.3 Å². The van der Waals surface area contributed by atoms with Crippen molar-refractivity contribution in [1.82, 2.24) is 10.2 Å². The Balaban J connectivity index is 1.58. The molecule has 15 heavy (non-hydrogen) atoms. The first-order chi connectivity index (χ1) is 7.25. The fourth-order valence-corrected chi connectivity index (χ4v) is 1.89. The van der Waals surface area contributed by atoms with Crippen molar-refractivity contribution < 1.29 is 9.53 Å². The van der Waals surface area contributed by atoms with Crippen LogP contribution in [0, 0.1) is 5.92 Å². The summed E-state index contributed by atoms with van der Waals surface area (Å²) >= 11 is 0. The summed E-state index contributed by atoms with van der Waals surface area (Å²) in [5.74, 6) is 0.555. The van der Waals surface area contributed by atoms with Gasteiger partial charge in [-0.15, -0.1) is 0 Å². The number of morpholine rings is 1. The Bertz CT molecular complexity index is 229. The first-order valence-corrected chi connectivity index (χ1v) is 5.83. The molecule has 1 aliphatic carbocycles. The molecule has 86 valence electrons. The minimum atomic E-state index is 0.235. The number of nitrogens with zero attached hydrogens (tertiary/aromatic N) is 1. The maximum Gasteiger partial charge on any atom is 0.223 e. The van der Waals surface area contributed by atoms with Crippen LogP contribution in [0.5, 0.6) is 0 Å². The Morgan fingerprint density at radius 1 is 1.53 bits per heavy atom. The maximum atomic E-state index is 11.3. The average Bonchev–Trinajstić information content (AvgIpc) is 3.00. The van der Waals surface area contributed by atoms with Crippen molar-refractivity contribution in [2.75, 3.05) is 33.3 Å². The van der Waals surface area contributed by atoms with E-state index in [0.717, 1.165) is 45.5 Å². The second kappa shape index (κ2) is 4.94. The van der Waals surface area contributed by atoms with Gasteiger partial charge < -0.3 is 15.0 Å². The Morgan fingerprint density at radius 3 is 3.00 bits per heavy atom. The Kier molecular flexibility index (Phi) is 3.59. The second-order valence-corrected chi connectivity index (χ2v) is 4.61. The van der Waals surface area contributed by atoms with Gasteiger partial charge in [0.1, 0.15) is 0 Å². The lowest BCUT2D eigenvalue weighted by Crippen LogP contribution is -2.41. The third-order valence-electron chi connectivity index (χ3n) is 3.06. The Morgan fingerprint density at radius 2 is 2.33 bits per heavy atom. The van der Waals surface area contributed by atoms with E-state index in [2.05, 4.69) is 17.3 Å². The summed E-state index contributed by atoms with van der Waals surface area (Å²) in [6.07, 6.45) is 3.38. The fourth-order valence-electron chi connectivity index (χ4n) is 1.89. The molecule has 1 N–H and O–H groups in total. The van der Waals surface area contributed by atoms with E-state index in [1.807, 2.05) is 0 Å². The molecule has 1 unspecified atom stereocenters. The summed E-state index contributed by atoms with van der Waals surface area (Å²) in [6.45, 7) is 3.58. The van der Waals surface area contributed by atoms with Gasteiger partial charge in [-0.2, -0.15) is 0 Å². The van der Waals surface area contributed by atoms with E-state index in [-0.39, 0.29) is 5.91 Å². The van der Waals surface area contributed by atoms with E-state index in [4.69, 9.17) is 4.74 Å². The lowest BCUT2D eigenvalue weighted by molar-refractivity contribution is -0.122. The molecule has 4 heteroatoms. The Hall–Kier alpha value is -0.610. The lowest BCUT2D eigenvalue weighted by Gasteiger charge is -2.30. The van der Waals surface area contributed by atoms with E-state index < -0.39 is 0 Å². The molecule has 1 saturated heterocycles. The Labute approximate surface area is 91.0 Å². The summed E-state index contributed by atoms with van der Waals surface area (Å²) < 4.78 is 5.61. The van der Waals surface area contributed by atoms with Gasteiger partial charge in [0.05, 0.1) is 12.7 Å². The number of rotatable bonds is 4. The number of ether oxygens (including phenoxy) is 1. The van der Waals surface area contributed by atoms with Crippen LogP contribution in [-0.2, 0) is 9.53 Å². The molecule has 1 aliphatic heterocycles. The first kappa shape index (κ1) is 10.9. The third kappa shape index (κ3) is 3.47. The van der Waals surface area contributed by atoms with Crippen LogP contribution in [0.2, 0.25) is 0 Å². The van der Waals surface area contributed by atoms with Gasteiger partial charge >= 0.3 is 0 Å². The summed E-state index contributed by atoms with van der Waals surface area (Å²) in [5, 5.41) is 2.97. The number of amides is 1. The smallest absolute Gasteiger partial charge is 0.223 e. The van der Waals surface area contributed by atoms with Crippen molar-refractivity contribution in [1.29, 1.82) is 0 Å². The number of carbonyl (C=O) groups is 1. The molecule has 2 rings (SSSR count). The maximum absolute atomic E-state index is 11.3. The molecule has 0 aromatic carbocycles. The van der Waals surface area contributed by atoms with E-state index in [1.54, 1.807) is 0 Å². The monoisotopic (exact) mass is 212 g/mol. The largest absolute Gasteiger partial charge is 0.375 e. The number of likely N-dealkylation sites (N-methyl/N-ethyl adjacent to an activating group) is 1. The highest BCUT2D eigenvalue weighted by Crippen LogP contribution is 2.28. The van der Waals surface area contributed by atoms with Gasteiger partial charge in [-0.1, -0.05) is 0 Å². The van der Waals surface area contributed by atoms with Gasteiger partial charge in [-0.3, -0.25) is 4.79 Å². The molecule has 0 radical (unpaired) electrons. The molecule has 1 atom stereocenters. The van der Waals surface area contributed by atoms with Gasteiger partial charge in [0.2, 0.25) is 5.91 Å². The van der Waals surface area contributed by atoms with Crippen LogP contribution in [0.25, 0.3) is 0 Å². The van der Waals surface area contributed by atoms with Crippen molar-refractivity contribution in [2.24, 2.45) is 5.92 Å². The molecule has 0 spiro atoms. The SMILES string of the molecule is CN1CCOC(CCNC(=O)C2CC2)C1. The van der Waals surface area contributed by atoms with Gasteiger partial charge in [0.25, 0.3) is 0 Å². The molecule has 2 aliphatic rings. The molecular formula is C11H20N2O2. The average molecular weight is 212 g/mol.